The second-order valence-electron chi connectivity index (χ2n) is 6.20. The molecule has 0 amide bonds. The van der Waals surface area contributed by atoms with E-state index in [0.29, 0.717) is 13.3 Å². The van der Waals surface area contributed by atoms with Gasteiger partial charge in [-0.2, -0.15) is 0 Å². The fraction of sp³-hybridized carbons (Fsp3) is 1.00. The molecule has 3 heteroatoms. The van der Waals surface area contributed by atoms with Gasteiger partial charge in [0.25, 0.3) is 0 Å². The van der Waals surface area contributed by atoms with Crippen LogP contribution in [0, 0.1) is 11.8 Å². The third-order valence-corrected chi connectivity index (χ3v) is 4.58. The maximum absolute atomic E-state index is 5.98. The van der Waals surface area contributed by atoms with Gasteiger partial charge in [-0.15, -0.1) is 0 Å². The molecule has 0 aromatic rings. The van der Waals surface area contributed by atoms with E-state index >= 15 is 0 Å². The summed E-state index contributed by atoms with van der Waals surface area (Å²) in [4.78, 5) is 0. The average Bonchev–Trinajstić information content (AvgIpc) is 3.21. The molecule has 18 heavy (non-hydrogen) atoms. The molecule has 2 rings (SSSR count). The maximum Gasteiger partial charge on any atom is 0.147 e. The molecule has 0 aromatic carbocycles. The van der Waals surface area contributed by atoms with Crippen molar-refractivity contribution in [2.75, 3.05) is 19.9 Å². The molecular weight excluding hydrogens is 226 g/mol. The zero-order chi connectivity index (χ0) is 12.8. The number of hydrogen-bond acceptors (Lipinski definition) is 3. The van der Waals surface area contributed by atoms with Crippen LogP contribution >= 0.6 is 0 Å². The van der Waals surface area contributed by atoms with Crippen LogP contribution in [0.15, 0.2) is 0 Å². The first-order valence-electron chi connectivity index (χ1n) is 7.70. The van der Waals surface area contributed by atoms with E-state index in [1.807, 2.05) is 0 Å². The van der Waals surface area contributed by atoms with Crippen LogP contribution in [0.3, 0.4) is 0 Å². The summed E-state index contributed by atoms with van der Waals surface area (Å²) in [5.41, 5.74) is 5.84. The van der Waals surface area contributed by atoms with Gasteiger partial charge in [0.2, 0.25) is 0 Å². The van der Waals surface area contributed by atoms with Crippen molar-refractivity contribution >= 4 is 0 Å². The monoisotopic (exact) mass is 255 g/mol. The van der Waals surface area contributed by atoms with Gasteiger partial charge < -0.3 is 15.2 Å². The molecule has 0 unspecified atom stereocenters. The number of hydrogen-bond donors (Lipinski definition) is 1. The summed E-state index contributed by atoms with van der Waals surface area (Å²) in [6, 6.07) is 0. The third-order valence-electron chi connectivity index (χ3n) is 4.58. The smallest absolute Gasteiger partial charge is 0.147 e. The van der Waals surface area contributed by atoms with Gasteiger partial charge in [-0.25, -0.2) is 0 Å². The Balaban J connectivity index is 1.66. The van der Waals surface area contributed by atoms with Crippen LogP contribution in [-0.2, 0) is 9.47 Å². The molecule has 0 spiro atoms. The predicted octanol–water partition coefficient (Wildman–Crippen LogP) is 3.07. The SMILES string of the molecule is CCCC1CCC(CN)(OCOCC2CC2)CC1. The zero-order valence-electron chi connectivity index (χ0n) is 11.8. The van der Waals surface area contributed by atoms with Gasteiger partial charge in [-0.3, -0.25) is 0 Å². The van der Waals surface area contributed by atoms with Crippen LogP contribution in [0.1, 0.15) is 58.3 Å². The minimum atomic E-state index is -0.0895. The molecule has 0 aromatic heterocycles. The van der Waals surface area contributed by atoms with E-state index in [0.717, 1.165) is 31.3 Å². The van der Waals surface area contributed by atoms with E-state index in [-0.39, 0.29) is 5.60 Å². The second-order valence-corrected chi connectivity index (χ2v) is 6.20. The summed E-state index contributed by atoms with van der Waals surface area (Å²) in [6.07, 6.45) is 10.1. The van der Waals surface area contributed by atoms with E-state index in [1.54, 1.807) is 0 Å². The molecule has 0 atom stereocenters. The summed E-state index contributed by atoms with van der Waals surface area (Å²) >= 11 is 0. The number of rotatable bonds is 8. The normalized spacial score (nSPS) is 32.7. The van der Waals surface area contributed by atoms with Crippen molar-refractivity contribution in [1.29, 1.82) is 0 Å². The number of nitrogens with two attached hydrogens (primary N) is 1. The van der Waals surface area contributed by atoms with E-state index in [2.05, 4.69) is 6.92 Å². The van der Waals surface area contributed by atoms with E-state index in [4.69, 9.17) is 15.2 Å². The molecule has 2 aliphatic rings. The molecule has 2 saturated carbocycles. The van der Waals surface area contributed by atoms with Crippen molar-refractivity contribution in [2.45, 2.75) is 63.9 Å². The molecule has 0 radical (unpaired) electrons. The molecule has 2 fully saturated rings. The molecule has 0 saturated heterocycles. The lowest BCUT2D eigenvalue weighted by Crippen LogP contribution is -2.44. The highest BCUT2D eigenvalue weighted by molar-refractivity contribution is 4.88. The van der Waals surface area contributed by atoms with Crippen LogP contribution in [0.4, 0.5) is 0 Å². The van der Waals surface area contributed by atoms with E-state index in [1.165, 1.54) is 38.5 Å². The van der Waals surface area contributed by atoms with Gasteiger partial charge in [0.15, 0.2) is 0 Å². The summed E-state index contributed by atoms with van der Waals surface area (Å²) < 4.78 is 11.6. The van der Waals surface area contributed by atoms with Gasteiger partial charge >= 0.3 is 0 Å². The summed E-state index contributed by atoms with van der Waals surface area (Å²) in [7, 11) is 0. The first-order valence-corrected chi connectivity index (χ1v) is 7.70. The average molecular weight is 255 g/mol. The summed E-state index contributed by atoms with van der Waals surface area (Å²) in [5.74, 6) is 1.70. The van der Waals surface area contributed by atoms with Crippen LogP contribution in [0.2, 0.25) is 0 Å². The van der Waals surface area contributed by atoms with E-state index < -0.39 is 0 Å². The largest absolute Gasteiger partial charge is 0.355 e. The molecule has 3 nitrogen and oxygen atoms in total. The molecule has 106 valence electrons. The fourth-order valence-electron chi connectivity index (χ4n) is 2.97. The Bertz CT molecular complexity index is 233. The second kappa shape index (κ2) is 6.88. The zero-order valence-corrected chi connectivity index (χ0v) is 11.8. The van der Waals surface area contributed by atoms with Gasteiger partial charge in [-0.05, 0) is 50.4 Å². The van der Waals surface area contributed by atoms with Crippen LogP contribution in [-0.4, -0.2) is 25.5 Å². The maximum atomic E-state index is 5.98. The highest BCUT2D eigenvalue weighted by Crippen LogP contribution is 2.36. The highest BCUT2D eigenvalue weighted by Gasteiger charge is 2.35. The van der Waals surface area contributed by atoms with Gasteiger partial charge in [0.1, 0.15) is 6.79 Å². The van der Waals surface area contributed by atoms with Crippen molar-refractivity contribution in [3.63, 3.8) is 0 Å². The highest BCUT2D eigenvalue weighted by atomic mass is 16.7. The molecule has 2 aliphatic carbocycles. The Morgan fingerprint density at radius 2 is 1.83 bits per heavy atom. The van der Waals surface area contributed by atoms with Crippen molar-refractivity contribution < 1.29 is 9.47 Å². The molecule has 0 heterocycles. The van der Waals surface area contributed by atoms with Crippen LogP contribution in [0.5, 0.6) is 0 Å². The molecular formula is C15H29NO2. The van der Waals surface area contributed by atoms with Crippen LogP contribution in [0.25, 0.3) is 0 Å². The van der Waals surface area contributed by atoms with Crippen molar-refractivity contribution in [2.24, 2.45) is 17.6 Å². The van der Waals surface area contributed by atoms with Crippen molar-refractivity contribution in [3.8, 4) is 0 Å². The summed E-state index contributed by atoms with van der Waals surface area (Å²) in [6.45, 7) is 4.22. The standard InChI is InChI=1S/C15H29NO2/c1-2-3-13-6-8-15(11-16,9-7-13)18-12-17-10-14-4-5-14/h13-14H,2-12,16H2,1H3. The van der Waals surface area contributed by atoms with Gasteiger partial charge in [0.05, 0.1) is 12.2 Å². The molecule has 0 aliphatic heterocycles. The quantitative estimate of drug-likeness (QED) is 0.535. The van der Waals surface area contributed by atoms with Crippen molar-refractivity contribution in [1.82, 2.24) is 0 Å². The van der Waals surface area contributed by atoms with Crippen molar-refractivity contribution in [3.05, 3.63) is 0 Å². The Morgan fingerprint density at radius 1 is 1.11 bits per heavy atom. The summed E-state index contributed by atoms with van der Waals surface area (Å²) in [5, 5.41) is 0. The molecule has 0 bridgehead atoms. The Morgan fingerprint density at radius 3 is 2.39 bits per heavy atom. The lowest BCUT2D eigenvalue weighted by atomic mass is 9.77. The van der Waals surface area contributed by atoms with E-state index in [9.17, 15) is 0 Å². The molecule has 2 N–H and O–H groups in total. The number of ether oxygens (including phenoxy) is 2. The topological polar surface area (TPSA) is 44.5 Å². The predicted molar refractivity (Wildman–Crippen MR) is 73.3 cm³/mol. The lowest BCUT2D eigenvalue weighted by Gasteiger charge is -2.39. The van der Waals surface area contributed by atoms with Gasteiger partial charge in [0, 0.05) is 6.54 Å². The minimum Gasteiger partial charge on any atom is -0.355 e. The Hall–Kier alpha value is -0.120. The minimum absolute atomic E-state index is 0.0895. The third kappa shape index (κ3) is 4.22. The fourth-order valence-corrected chi connectivity index (χ4v) is 2.97. The Kier molecular flexibility index (Phi) is 5.46. The van der Waals surface area contributed by atoms with Gasteiger partial charge in [-0.1, -0.05) is 19.8 Å². The Labute approximate surface area is 111 Å². The first-order chi connectivity index (χ1) is 8.78. The first kappa shape index (κ1) is 14.3. The van der Waals surface area contributed by atoms with Crippen LogP contribution < -0.4 is 5.73 Å². The lowest BCUT2D eigenvalue weighted by molar-refractivity contribution is -0.156.